The summed E-state index contributed by atoms with van der Waals surface area (Å²) in [6.45, 7) is 3.44. The van der Waals surface area contributed by atoms with Crippen LogP contribution in [0.15, 0.2) is 5.38 Å². The van der Waals surface area contributed by atoms with Crippen molar-refractivity contribution in [2.24, 2.45) is 5.92 Å². The number of thiazole rings is 1. The summed E-state index contributed by atoms with van der Waals surface area (Å²) in [5.74, 6) is 1.44. The van der Waals surface area contributed by atoms with E-state index < -0.39 is 0 Å². The van der Waals surface area contributed by atoms with Gasteiger partial charge in [0.05, 0.1) is 17.6 Å². The van der Waals surface area contributed by atoms with Crippen LogP contribution < -0.4 is 0 Å². The van der Waals surface area contributed by atoms with Crippen LogP contribution in [0.25, 0.3) is 0 Å². The molecule has 2 nitrogen and oxygen atoms in total. The third-order valence-corrected chi connectivity index (χ3v) is 4.83. The van der Waals surface area contributed by atoms with Gasteiger partial charge in [-0.05, 0) is 32.7 Å². The molecule has 1 aromatic rings. The van der Waals surface area contributed by atoms with Gasteiger partial charge in [0.2, 0.25) is 0 Å². The van der Waals surface area contributed by atoms with Crippen LogP contribution in [0.1, 0.15) is 42.9 Å². The SMILES string of the molecule is CC(c1nc(CCl)cs1)N(C)CC1CCC1. The Balaban J connectivity index is 1.91. The molecule has 0 spiro atoms. The molecule has 0 radical (unpaired) electrons. The summed E-state index contributed by atoms with van der Waals surface area (Å²) in [6, 6.07) is 0.419. The lowest BCUT2D eigenvalue weighted by molar-refractivity contribution is 0.170. The van der Waals surface area contributed by atoms with E-state index in [0.717, 1.165) is 11.6 Å². The quantitative estimate of drug-likeness (QED) is 0.749. The van der Waals surface area contributed by atoms with E-state index in [-0.39, 0.29) is 0 Å². The zero-order valence-electron chi connectivity index (χ0n) is 9.95. The predicted molar refractivity (Wildman–Crippen MR) is 70.1 cm³/mol. The first-order valence-corrected chi connectivity index (χ1v) is 7.32. The number of halogens is 1. The van der Waals surface area contributed by atoms with Gasteiger partial charge in [-0.3, -0.25) is 4.90 Å². The van der Waals surface area contributed by atoms with Crippen LogP contribution in [0.4, 0.5) is 0 Å². The van der Waals surface area contributed by atoms with Crippen LogP contribution in [0, 0.1) is 5.92 Å². The van der Waals surface area contributed by atoms with Crippen molar-refractivity contribution >= 4 is 22.9 Å². The molecule has 90 valence electrons. The fraction of sp³-hybridized carbons (Fsp3) is 0.750. The monoisotopic (exact) mass is 258 g/mol. The van der Waals surface area contributed by atoms with Crippen LogP contribution in [-0.4, -0.2) is 23.5 Å². The molecule has 1 aliphatic rings. The van der Waals surface area contributed by atoms with Crippen molar-refractivity contribution in [1.29, 1.82) is 0 Å². The largest absolute Gasteiger partial charge is 0.297 e. The van der Waals surface area contributed by atoms with Crippen LogP contribution >= 0.6 is 22.9 Å². The van der Waals surface area contributed by atoms with Crippen molar-refractivity contribution in [2.45, 2.75) is 38.1 Å². The Hall–Kier alpha value is -0.120. The minimum Gasteiger partial charge on any atom is -0.297 e. The molecule has 1 fully saturated rings. The molecule has 4 heteroatoms. The smallest absolute Gasteiger partial charge is 0.110 e. The number of nitrogens with zero attached hydrogens (tertiary/aromatic N) is 2. The van der Waals surface area contributed by atoms with E-state index in [1.807, 2.05) is 0 Å². The third-order valence-electron chi connectivity index (χ3n) is 3.50. The summed E-state index contributed by atoms with van der Waals surface area (Å²) in [5, 5.41) is 3.26. The van der Waals surface area contributed by atoms with Crippen LogP contribution in [0.5, 0.6) is 0 Å². The van der Waals surface area contributed by atoms with Gasteiger partial charge in [0.15, 0.2) is 0 Å². The summed E-state index contributed by atoms with van der Waals surface area (Å²) < 4.78 is 0. The first-order chi connectivity index (χ1) is 7.70. The number of rotatable bonds is 5. The van der Waals surface area contributed by atoms with Gasteiger partial charge >= 0.3 is 0 Å². The van der Waals surface area contributed by atoms with E-state index in [0.29, 0.717) is 11.9 Å². The molecule has 1 aliphatic carbocycles. The van der Waals surface area contributed by atoms with E-state index in [1.54, 1.807) is 11.3 Å². The predicted octanol–water partition coefficient (Wildman–Crippen LogP) is 3.67. The molecule has 1 unspecified atom stereocenters. The van der Waals surface area contributed by atoms with Crippen LogP contribution in [0.2, 0.25) is 0 Å². The highest BCUT2D eigenvalue weighted by molar-refractivity contribution is 7.09. The Labute approximate surface area is 107 Å². The zero-order chi connectivity index (χ0) is 11.5. The number of hydrogen-bond donors (Lipinski definition) is 0. The van der Waals surface area contributed by atoms with Crippen molar-refractivity contribution < 1.29 is 0 Å². The zero-order valence-corrected chi connectivity index (χ0v) is 11.5. The Morgan fingerprint density at radius 2 is 2.38 bits per heavy atom. The molecule has 1 saturated carbocycles. The first kappa shape index (κ1) is 12.3. The summed E-state index contributed by atoms with van der Waals surface area (Å²) in [5.41, 5.74) is 1.01. The lowest BCUT2D eigenvalue weighted by Gasteiger charge is -2.32. The molecule has 1 atom stereocenters. The van der Waals surface area contributed by atoms with E-state index >= 15 is 0 Å². The van der Waals surface area contributed by atoms with Gasteiger partial charge in [0.1, 0.15) is 5.01 Å². The van der Waals surface area contributed by atoms with Crippen LogP contribution in [-0.2, 0) is 5.88 Å². The van der Waals surface area contributed by atoms with Gasteiger partial charge < -0.3 is 0 Å². The topological polar surface area (TPSA) is 16.1 Å². The van der Waals surface area contributed by atoms with E-state index in [9.17, 15) is 0 Å². The van der Waals surface area contributed by atoms with Gasteiger partial charge in [0, 0.05) is 11.9 Å². The van der Waals surface area contributed by atoms with E-state index in [1.165, 1.54) is 30.8 Å². The number of aromatic nitrogens is 1. The second-order valence-corrected chi connectivity index (χ2v) is 5.88. The highest BCUT2D eigenvalue weighted by atomic mass is 35.5. The fourth-order valence-electron chi connectivity index (χ4n) is 2.01. The standard InChI is InChI=1S/C12H19ClN2S/c1-9(12-14-11(6-13)8-16-12)15(2)7-10-4-3-5-10/h8-10H,3-7H2,1-2H3. The summed E-state index contributed by atoms with van der Waals surface area (Å²) in [4.78, 5) is 6.96. The van der Waals surface area contributed by atoms with E-state index in [2.05, 4.69) is 29.2 Å². The number of alkyl halides is 1. The van der Waals surface area contributed by atoms with Crippen molar-refractivity contribution in [1.82, 2.24) is 9.88 Å². The Morgan fingerprint density at radius 3 is 2.88 bits per heavy atom. The summed E-state index contributed by atoms with van der Waals surface area (Å²) >= 11 is 7.50. The minimum absolute atomic E-state index is 0.419. The average Bonchev–Trinajstić information content (AvgIpc) is 2.70. The molecule has 0 amide bonds. The lowest BCUT2D eigenvalue weighted by atomic mass is 9.85. The van der Waals surface area contributed by atoms with Crippen molar-refractivity contribution in [3.8, 4) is 0 Å². The highest BCUT2D eigenvalue weighted by Crippen LogP contribution is 2.30. The maximum absolute atomic E-state index is 5.77. The molecule has 0 aliphatic heterocycles. The Morgan fingerprint density at radius 1 is 1.62 bits per heavy atom. The fourth-order valence-corrected chi connectivity index (χ4v) is 3.17. The van der Waals surface area contributed by atoms with Crippen molar-refractivity contribution in [2.75, 3.05) is 13.6 Å². The molecule has 1 aromatic heterocycles. The molecule has 16 heavy (non-hydrogen) atoms. The average molecular weight is 259 g/mol. The van der Waals surface area contributed by atoms with Crippen molar-refractivity contribution in [3.05, 3.63) is 16.1 Å². The molecule has 1 heterocycles. The normalized spacial score (nSPS) is 18.8. The van der Waals surface area contributed by atoms with Gasteiger partial charge in [-0.25, -0.2) is 4.98 Å². The molecule has 0 bridgehead atoms. The second-order valence-electron chi connectivity index (χ2n) is 4.72. The van der Waals surface area contributed by atoms with E-state index in [4.69, 9.17) is 11.6 Å². The molecular formula is C12H19ClN2S. The molecule has 0 saturated heterocycles. The summed E-state index contributed by atoms with van der Waals surface area (Å²) in [6.07, 6.45) is 4.23. The third kappa shape index (κ3) is 2.76. The summed E-state index contributed by atoms with van der Waals surface area (Å²) in [7, 11) is 2.20. The maximum Gasteiger partial charge on any atom is 0.110 e. The lowest BCUT2D eigenvalue weighted by Crippen LogP contribution is -2.31. The van der Waals surface area contributed by atoms with Crippen LogP contribution in [0.3, 0.4) is 0 Å². The first-order valence-electron chi connectivity index (χ1n) is 5.91. The van der Waals surface area contributed by atoms with Crippen molar-refractivity contribution in [3.63, 3.8) is 0 Å². The van der Waals surface area contributed by atoms with Gasteiger partial charge in [-0.2, -0.15) is 0 Å². The van der Waals surface area contributed by atoms with Gasteiger partial charge in [-0.1, -0.05) is 6.42 Å². The van der Waals surface area contributed by atoms with Gasteiger partial charge in [-0.15, -0.1) is 22.9 Å². The molecule has 2 rings (SSSR count). The maximum atomic E-state index is 5.77. The Kier molecular flexibility index (Phi) is 4.22. The second kappa shape index (κ2) is 5.48. The van der Waals surface area contributed by atoms with Gasteiger partial charge in [0.25, 0.3) is 0 Å². The number of hydrogen-bond acceptors (Lipinski definition) is 3. The molecule has 0 N–H and O–H groups in total. The Bertz CT molecular complexity index is 336. The molecular weight excluding hydrogens is 240 g/mol. The molecule has 0 aromatic carbocycles. The minimum atomic E-state index is 0.419. The highest BCUT2D eigenvalue weighted by Gasteiger charge is 2.23.